The molecule has 3 rings (SSSR count). The highest BCUT2D eigenvalue weighted by Crippen LogP contribution is 2.22. The van der Waals surface area contributed by atoms with Crippen LogP contribution in [0.2, 0.25) is 0 Å². The molecule has 1 heterocycles. The van der Waals surface area contributed by atoms with E-state index in [0.717, 1.165) is 30.3 Å². The lowest BCUT2D eigenvalue weighted by molar-refractivity contribution is 0.167. The molecule has 0 unspecified atom stereocenters. The van der Waals surface area contributed by atoms with Gasteiger partial charge in [-0.3, -0.25) is 9.11 Å². The first-order chi connectivity index (χ1) is 11.2. The lowest BCUT2D eigenvalue weighted by Gasteiger charge is -2.24. The molecule has 0 amide bonds. The van der Waals surface area contributed by atoms with Crippen molar-refractivity contribution in [2.24, 2.45) is 0 Å². The first kappa shape index (κ1) is 16.2. The maximum absolute atomic E-state index is 11.5. The van der Waals surface area contributed by atoms with Gasteiger partial charge in [0.2, 0.25) is 0 Å². The Hall–Kier alpha value is -1.65. The summed E-state index contributed by atoms with van der Waals surface area (Å²) in [7, 11) is -0.906. The van der Waals surface area contributed by atoms with E-state index in [1.54, 1.807) is 6.26 Å². The van der Waals surface area contributed by atoms with Crippen molar-refractivity contribution >= 4 is 10.8 Å². The summed E-state index contributed by atoms with van der Waals surface area (Å²) in [4.78, 5) is 3.38. The van der Waals surface area contributed by atoms with Crippen molar-refractivity contribution in [1.29, 1.82) is 0 Å². The van der Waals surface area contributed by atoms with E-state index >= 15 is 0 Å². The number of ether oxygens (including phenoxy) is 1. The summed E-state index contributed by atoms with van der Waals surface area (Å²) in [5.41, 5.74) is 1.27. The first-order valence-electron chi connectivity index (χ1n) is 8.06. The summed E-state index contributed by atoms with van der Waals surface area (Å²) in [6.07, 6.45) is 4.12. The molecule has 0 saturated carbocycles. The third kappa shape index (κ3) is 4.43. The van der Waals surface area contributed by atoms with Crippen molar-refractivity contribution in [2.75, 3.05) is 19.4 Å². The van der Waals surface area contributed by atoms with Gasteiger partial charge in [0, 0.05) is 34.5 Å². The molecule has 0 N–H and O–H groups in total. The summed E-state index contributed by atoms with van der Waals surface area (Å²) in [5, 5.41) is 0. The van der Waals surface area contributed by atoms with E-state index in [1.807, 2.05) is 42.5 Å². The summed E-state index contributed by atoms with van der Waals surface area (Å²) >= 11 is 0. The molecule has 2 aromatic carbocycles. The van der Waals surface area contributed by atoms with Gasteiger partial charge in [-0.15, -0.1) is 0 Å². The van der Waals surface area contributed by atoms with Gasteiger partial charge in [-0.25, -0.2) is 0 Å². The Labute approximate surface area is 140 Å². The maximum Gasteiger partial charge on any atom is 0.119 e. The number of benzene rings is 2. The zero-order valence-electron chi connectivity index (χ0n) is 13.5. The van der Waals surface area contributed by atoms with E-state index in [2.05, 4.69) is 17.0 Å². The molecule has 0 bridgehead atoms. The van der Waals surface area contributed by atoms with Crippen LogP contribution in [0.15, 0.2) is 59.5 Å². The maximum atomic E-state index is 11.5. The molecule has 4 heteroatoms. The van der Waals surface area contributed by atoms with Crippen molar-refractivity contribution in [2.45, 2.75) is 30.3 Å². The predicted octanol–water partition coefficient (Wildman–Crippen LogP) is 3.47. The molecule has 3 nitrogen and oxygen atoms in total. The molecular weight excluding hydrogens is 306 g/mol. The van der Waals surface area contributed by atoms with Crippen LogP contribution in [-0.4, -0.2) is 34.6 Å². The molecular formula is C19H23NO2S. The van der Waals surface area contributed by atoms with Gasteiger partial charge in [0.1, 0.15) is 12.4 Å². The van der Waals surface area contributed by atoms with Crippen LogP contribution in [0.4, 0.5) is 0 Å². The lowest BCUT2D eigenvalue weighted by Crippen LogP contribution is -2.33. The Balaban J connectivity index is 1.57. The molecule has 122 valence electrons. The van der Waals surface area contributed by atoms with Gasteiger partial charge in [-0.2, -0.15) is 0 Å². The zero-order chi connectivity index (χ0) is 16.1. The Morgan fingerprint density at radius 3 is 2.57 bits per heavy atom. The first-order valence-corrected chi connectivity index (χ1v) is 9.62. The van der Waals surface area contributed by atoms with E-state index in [-0.39, 0.29) is 0 Å². The number of rotatable bonds is 6. The average Bonchev–Trinajstić information content (AvgIpc) is 3.01. The number of nitrogens with zero attached hydrogens (tertiary/aromatic N) is 1. The standard InChI is InChI=1S/C19H23NO2S/c1-23(21)19-11-9-16(10-12-19)14-20-13-5-6-17(20)15-22-18-7-3-2-4-8-18/h2-4,7-12,17H,5-6,13-15H2,1H3/t17-,23+/m0/s1. The minimum absolute atomic E-state index is 0.468. The molecule has 0 spiro atoms. The summed E-state index contributed by atoms with van der Waals surface area (Å²) in [6, 6.07) is 18.6. The van der Waals surface area contributed by atoms with E-state index in [9.17, 15) is 4.21 Å². The highest BCUT2D eigenvalue weighted by molar-refractivity contribution is 7.84. The van der Waals surface area contributed by atoms with Crippen LogP contribution in [-0.2, 0) is 17.3 Å². The normalized spacial score (nSPS) is 19.6. The molecule has 2 atom stereocenters. The van der Waals surface area contributed by atoms with Crippen LogP contribution >= 0.6 is 0 Å². The monoisotopic (exact) mass is 329 g/mol. The molecule has 0 aromatic heterocycles. The molecule has 1 saturated heterocycles. The second kappa shape index (κ2) is 7.75. The van der Waals surface area contributed by atoms with Gasteiger partial charge in [0.05, 0.1) is 0 Å². The fourth-order valence-electron chi connectivity index (χ4n) is 3.02. The molecule has 2 aromatic rings. The minimum Gasteiger partial charge on any atom is -0.492 e. The van der Waals surface area contributed by atoms with Crippen molar-refractivity contribution in [3.63, 3.8) is 0 Å². The van der Waals surface area contributed by atoms with Crippen LogP contribution in [0.5, 0.6) is 5.75 Å². The lowest BCUT2D eigenvalue weighted by atomic mass is 10.2. The largest absolute Gasteiger partial charge is 0.492 e. The van der Waals surface area contributed by atoms with Gasteiger partial charge in [0.25, 0.3) is 0 Å². The topological polar surface area (TPSA) is 29.5 Å². The quantitative estimate of drug-likeness (QED) is 0.813. The van der Waals surface area contributed by atoms with Crippen molar-refractivity contribution in [3.05, 3.63) is 60.2 Å². The van der Waals surface area contributed by atoms with Gasteiger partial charge in [-0.1, -0.05) is 30.3 Å². The molecule has 23 heavy (non-hydrogen) atoms. The highest BCUT2D eigenvalue weighted by Gasteiger charge is 2.25. The number of para-hydroxylation sites is 1. The van der Waals surface area contributed by atoms with Crippen LogP contribution in [0.1, 0.15) is 18.4 Å². The van der Waals surface area contributed by atoms with Gasteiger partial charge in [0.15, 0.2) is 0 Å². The smallest absolute Gasteiger partial charge is 0.119 e. The number of hydrogen-bond donors (Lipinski definition) is 0. The van der Waals surface area contributed by atoms with Crippen LogP contribution in [0.25, 0.3) is 0 Å². The van der Waals surface area contributed by atoms with Gasteiger partial charge < -0.3 is 4.74 Å². The summed E-state index contributed by atoms with van der Waals surface area (Å²) in [5.74, 6) is 0.939. The van der Waals surface area contributed by atoms with Crippen LogP contribution < -0.4 is 4.74 Å². The van der Waals surface area contributed by atoms with E-state index in [4.69, 9.17) is 4.74 Å². The number of likely N-dealkylation sites (tertiary alicyclic amines) is 1. The van der Waals surface area contributed by atoms with E-state index in [0.29, 0.717) is 6.04 Å². The Kier molecular flexibility index (Phi) is 5.47. The average molecular weight is 329 g/mol. The van der Waals surface area contributed by atoms with Crippen molar-refractivity contribution in [3.8, 4) is 5.75 Å². The van der Waals surface area contributed by atoms with Crippen molar-refractivity contribution in [1.82, 2.24) is 4.90 Å². The molecule has 1 fully saturated rings. The fourth-order valence-corrected chi connectivity index (χ4v) is 3.54. The fraction of sp³-hybridized carbons (Fsp3) is 0.368. The van der Waals surface area contributed by atoms with Crippen molar-refractivity contribution < 1.29 is 8.95 Å². The third-order valence-corrected chi connectivity index (χ3v) is 5.26. The zero-order valence-corrected chi connectivity index (χ0v) is 14.3. The Bertz CT molecular complexity index is 642. The van der Waals surface area contributed by atoms with Crippen LogP contribution in [0, 0.1) is 0 Å². The Morgan fingerprint density at radius 2 is 1.87 bits per heavy atom. The van der Waals surface area contributed by atoms with Gasteiger partial charge >= 0.3 is 0 Å². The van der Waals surface area contributed by atoms with E-state index in [1.165, 1.54) is 18.4 Å². The second-order valence-electron chi connectivity index (χ2n) is 5.99. The summed E-state index contributed by atoms with van der Waals surface area (Å²) < 4.78 is 17.4. The highest BCUT2D eigenvalue weighted by atomic mass is 32.2. The predicted molar refractivity (Wildman–Crippen MR) is 94.1 cm³/mol. The Morgan fingerprint density at radius 1 is 1.13 bits per heavy atom. The second-order valence-corrected chi connectivity index (χ2v) is 7.37. The number of hydrogen-bond acceptors (Lipinski definition) is 3. The molecule has 1 aliphatic rings. The van der Waals surface area contributed by atoms with E-state index < -0.39 is 10.8 Å². The van der Waals surface area contributed by atoms with Crippen LogP contribution in [0.3, 0.4) is 0 Å². The summed E-state index contributed by atoms with van der Waals surface area (Å²) in [6.45, 7) is 2.78. The molecule has 0 radical (unpaired) electrons. The SMILES string of the molecule is C[S@@](=O)c1ccc(CN2CCC[C@H]2COc2ccccc2)cc1. The van der Waals surface area contributed by atoms with Gasteiger partial charge in [-0.05, 0) is 49.2 Å². The molecule has 0 aliphatic carbocycles. The minimum atomic E-state index is -0.906. The molecule has 1 aliphatic heterocycles. The third-order valence-electron chi connectivity index (χ3n) is 4.33.